The molecule has 5 nitrogen and oxygen atoms in total. The van der Waals surface area contributed by atoms with Crippen molar-refractivity contribution in [3.05, 3.63) is 64.1 Å². The third-order valence-electron chi connectivity index (χ3n) is 3.67. The van der Waals surface area contributed by atoms with Crippen molar-refractivity contribution >= 4 is 44.9 Å². The maximum absolute atomic E-state index is 12.4. The molecule has 0 aliphatic heterocycles. The maximum atomic E-state index is 12.4. The predicted molar refractivity (Wildman–Crippen MR) is 104 cm³/mol. The van der Waals surface area contributed by atoms with Crippen LogP contribution in [-0.4, -0.2) is 27.2 Å². The van der Waals surface area contributed by atoms with Crippen LogP contribution in [0.25, 0.3) is 0 Å². The Morgan fingerprint density at radius 1 is 1.12 bits per heavy atom. The van der Waals surface area contributed by atoms with Gasteiger partial charge in [0.05, 0.1) is 22.9 Å². The Bertz CT molecular complexity index is 857. The summed E-state index contributed by atoms with van der Waals surface area (Å²) in [7, 11) is -3.54. The molecule has 0 heterocycles. The minimum atomic E-state index is -3.54. The van der Waals surface area contributed by atoms with Crippen LogP contribution < -0.4 is 5.32 Å². The Balaban J connectivity index is 2.11. The van der Waals surface area contributed by atoms with E-state index in [-0.39, 0.29) is 24.9 Å². The van der Waals surface area contributed by atoms with E-state index in [1.54, 1.807) is 30.3 Å². The summed E-state index contributed by atoms with van der Waals surface area (Å²) in [6.45, 7) is -0.0254. The van der Waals surface area contributed by atoms with Gasteiger partial charge in [-0.05, 0) is 42.2 Å². The molecular formula is C18H19Cl2NO4S. The summed E-state index contributed by atoms with van der Waals surface area (Å²) in [5.41, 5.74) is 1.48. The van der Waals surface area contributed by atoms with Crippen molar-refractivity contribution in [2.75, 3.05) is 18.2 Å². The summed E-state index contributed by atoms with van der Waals surface area (Å²) in [5.74, 6) is -0.457. The summed E-state index contributed by atoms with van der Waals surface area (Å²) >= 11 is 12.0. The number of para-hydroxylation sites is 1. The zero-order chi connectivity index (χ0) is 19.2. The first-order valence-electron chi connectivity index (χ1n) is 7.89. The van der Waals surface area contributed by atoms with Gasteiger partial charge in [-0.25, -0.2) is 0 Å². The minimum absolute atomic E-state index is 0.0254. The molecule has 0 aromatic heterocycles. The molecule has 1 N–H and O–H groups in total. The molecular weight excluding hydrogens is 397 g/mol. The second kappa shape index (κ2) is 9.37. The molecule has 0 aliphatic rings. The average molecular weight is 416 g/mol. The van der Waals surface area contributed by atoms with E-state index in [1.807, 2.05) is 18.2 Å². The summed E-state index contributed by atoms with van der Waals surface area (Å²) in [6.07, 6.45) is 1.48. The lowest BCUT2D eigenvalue weighted by Crippen LogP contribution is -2.17. The van der Waals surface area contributed by atoms with Gasteiger partial charge < -0.3 is 5.32 Å². The van der Waals surface area contributed by atoms with Gasteiger partial charge in [-0.15, -0.1) is 0 Å². The molecule has 0 saturated heterocycles. The number of hydrogen-bond donors (Lipinski definition) is 1. The molecule has 2 rings (SSSR count). The number of carbonyl (C=O) groups excluding carboxylic acids is 1. The number of anilines is 1. The van der Waals surface area contributed by atoms with Crippen LogP contribution in [0.15, 0.2) is 48.5 Å². The van der Waals surface area contributed by atoms with Gasteiger partial charge in [0, 0.05) is 12.1 Å². The lowest BCUT2D eigenvalue weighted by molar-refractivity contribution is -0.116. The number of amides is 1. The topological polar surface area (TPSA) is 72.5 Å². The van der Waals surface area contributed by atoms with Crippen LogP contribution >= 0.6 is 23.2 Å². The minimum Gasteiger partial charge on any atom is -0.326 e. The van der Waals surface area contributed by atoms with Crippen LogP contribution in [0.2, 0.25) is 10.0 Å². The monoisotopic (exact) mass is 415 g/mol. The molecule has 140 valence electrons. The highest BCUT2D eigenvalue weighted by atomic mass is 35.5. The largest absolute Gasteiger partial charge is 0.326 e. The van der Waals surface area contributed by atoms with Gasteiger partial charge in [0.2, 0.25) is 5.91 Å². The summed E-state index contributed by atoms with van der Waals surface area (Å²) in [6, 6.07) is 14.2. The maximum Gasteiger partial charge on any atom is 0.264 e. The van der Waals surface area contributed by atoms with Crippen LogP contribution in [0, 0.1) is 0 Å². The van der Waals surface area contributed by atoms with Crippen molar-refractivity contribution in [3.63, 3.8) is 0 Å². The molecule has 0 spiro atoms. The summed E-state index contributed by atoms with van der Waals surface area (Å²) in [4.78, 5) is 12.4. The number of carbonyl (C=O) groups is 1. The zero-order valence-corrected chi connectivity index (χ0v) is 16.4. The zero-order valence-electron chi connectivity index (χ0n) is 14.1. The molecule has 0 saturated carbocycles. The van der Waals surface area contributed by atoms with Crippen molar-refractivity contribution in [1.29, 1.82) is 0 Å². The standard InChI is InChI=1S/C18H19Cl2NO4S/c1-26(23,24)25-10-9-14(13-7-8-16(19)17(20)11-13)12-18(22)21-15-5-3-2-4-6-15/h2-8,11,14H,9-10,12H2,1H3,(H,21,22). The fraction of sp³-hybridized carbons (Fsp3) is 0.278. The fourth-order valence-electron chi connectivity index (χ4n) is 2.45. The number of hydrogen-bond acceptors (Lipinski definition) is 4. The van der Waals surface area contributed by atoms with E-state index in [9.17, 15) is 13.2 Å². The predicted octanol–water partition coefficient (Wildman–Crippen LogP) is 4.47. The second-order valence-corrected chi connectivity index (χ2v) is 8.26. The van der Waals surface area contributed by atoms with Crippen molar-refractivity contribution < 1.29 is 17.4 Å². The number of nitrogens with one attached hydrogen (secondary N) is 1. The highest BCUT2D eigenvalue weighted by molar-refractivity contribution is 7.85. The van der Waals surface area contributed by atoms with Crippen LogP contribution in [-0.2, 0) is 19.1 Å². The Hall–Kier alpha value is -1.60. The van der Waals surface area contributed by atoms with Crippen molar-refractivity contribution in [2.24, 2.45) is 0 Å². The molecule has 1 amide bonds. The normalized spacial score (nSPS) is 12.6. The van der Waals surface area contributed by atoms with Gasteiger partial charge in [0.1, 0.15) is 0 Å². The number of halogens is 2. The molecule has 0 aliphatic carbocycles. The highest BCUT2D eigenvalue weighted by Gasteiger charge is 2.18. The first-order chi connectivity index (χ1) is 12.2. The van der Waals surface area contributed by atoms with Gasteiger partial charge >= 0.3 is 0 Å². The molecule has 0 radical (unpaired) electrons. The van der Waals surface area contributed by atoms with Crippen LogP contribution in [0.5, 0.6) is 0 Å². The van der Waals surface area contributed by atoms with Crippen LogP contribution in [0.4, 0.5) is 5.69 Å². The lowest BCUT2D eigenvalue weighted by Gasteiger charge is -2.18. The fourth-order valence-corrected chi connectivity index (χ4v) is 3.16. The van der Waals surface area contributed by atoms with E-state index in [0.717, 1.165) is 11.8 Å². The van der Waals surface area contributed by atoms with Crippen molar-refractivity contribution in [1.82, 2.24) is 0 Å². The van der Waals surface area contributed by atoms with Crippen molar-refractivity contribution in [3.8, 4) is 0 Å². The third kappa shape index (κ3) is 6.96. The van der Waals surface area contributed by atoms with E-state index in [4.69, 9.17) is 27.4 Å². The molecule has 2 aromatic rings. The SMILES string of the molecule is CS(=O)(=O)OCCC(CC(=O)Nc1ccccc1)c1ccc(Cl)c(Cl)c1. The lowest BCUT2D eigenvalue weighted by atomic mass is 9.92. The number of rotatable bonds is 8. The molecule has 1 atom stereocenters. The third-order valence-corrected chi connectivity index (χ3v) is 5.00. The molecule has 1 unspecified atom stereocenters. The Kier molecular flexibility index (Phi) is 7.46. The van der Waals surface area contributed by atoms with Crippen LogP contribution in [0.1, 0.15) is 24.3 Å². The molecule has 26 heavy (non-hydrogen) atoms. The highest BCUT2D eigenvalue weighted by Crippen LogP contribution is 2.30. The Labute approximate surface area is 163 Å². The van der Waals surface area contributed by atoms with Gasteiger partial charge in [0.25, 0.3) is 10.1 Å². The summed E-state index contributed by atoms with van der Waals surface area (Å²) in [5, 5.41) is 3.61. The van der Waals surface area contributed by atoms with E-state index >= 15 is 0 Å². The molecule has 0 fully saturated rings. The Morgan fingerprint density at radius 3 is 2.42 bits per heavy atom. The van der Waals surface area contributed by atoms with E-state index in [0.29, 0.717) is 22.2 Å². The van der Waals surface area contributed by atoms with E-state index in [2.05, 4.69) is 5.32 Å². The van der Waals surface area contributed by atoms with Crippen molar-refractivity contribution in [2.45, 2.75) is 18.8 Å². The second-order valence-electron chi connectivity index (χ2n) is 5.80. The van der Waals surface area contributed by atoms with Gasteiger partial charge in [-0.1, -0.05) is 47.5 Å². The molecule has 2 aromatic carbocycles. The quantitative estimate of drug-likeness (QED) is 0.645. The Morgan fingerprint density at radius 2 is 1.81 bits per heavy atom. The van der Waals surface area contributed by atoms with E-state index < -0.39 is 10.1 Å². The van der Waals surface area contributed by atoms with Gasteiger partial charge in [-0.2, -0.15) is 8.42 Å². The van der Waals surface area contributed by atoms with Crippen LogP contribution in [0.3, 0.4) is 0 Å². The summed E-state index contributed by atoms with van der Waals surface area (Å²) < 4.78 is 27.2. The average Bonchev–Trinajstić information content (AvgIpc) is 2.56. The molecule has 8 heteroatoms. The van der Waals surface area contributed by atoms with E-state index in [1.165, 1.54) is 0 Å². The first kappa shape index (κ1) is 20.7. The smallest absolute Gasteiger partial charge is 0.264 e. The molecule has 0 bridgehead atoms. The van der Waals surface area contributed by atoms with Gasteiger partial charge in [0.15, 0.2) is 0 Å². The number of benzene rings is 2. The first-order valence-corrected chi connectivity index (χ1v) is 10.5. The van der Waals surface area contributed by atoms with Gasteiger partial charge in [-0.3, -0.25) is 8.98 Å².